The minimum atomic E-state index is -3.65. The molecule has 2 atom stereocenters. The Morgan fingerprint density at radius 1 is 1.47 bits per heavy atom. The first kappa shape index (κ1) is 14.4. The predicted octanol–water partition coefficient (Wildman–Crippen LogP) is 1.02. The lowest BCUT2D eigenvalue weighted by atomic mass is 10.1. The van der Waals surface area contributed by atoms with Crippen molar-refractivity contribution in [2.75, 3.05) is 0 Å². The van der Waals surface area contributed by atoms with Crippen LogP contribution >= 0.6 is 12.2 Å². The first-order chi connectivity index (χ1) is 8.83. The fraction of sp³-hybridized carbons (Fsp3) is 0.636. The van der Waals surface area contributed by atoms with Crippen LogP contribution in [0.3, 0.4) is 0 Å². The molecule has 3 N–H and O–H groups in total. The number of hydrogen-bond acceptors (Lipinski definition) is 5. The molecule has 0 aliphatic heterocycles. The normalized spacial score (nSPS) is 23.7. The SMILES string of the molecule is Cc1noc(C)c1S(=O)(=O)NC1CCCC1C(N)=S. The lowest BCUT2D eigenvalue weighted by Gasteiger charge is -2.19. The van der Waals surface area contributed by atoms with Gasteiger partial charge in [-0.1, -0.05) is 23.8 Å². The Labute approximate surface area is 117 Å². The van der Waals surface area contributed by atoms with Crippen LogP contribution in [0.1, 0.15) is 30.7 Å². The van der Waals surface area contributed by atoms with Crippen LogP contribution in [0.2, 0.25) is 0 Å². The van der Waals surface area contributed by atoms with Gasteiger partial charge in [-0.05, 0) is 26.7 Å². The van der Waals surface area contributed by atoms with Crippen molar-refractivity contribution in [3.8, 4) is 0 Å². The second-order valence-electron chi connectivity index (χ2n) is 4.82. The van der Waals surface area contributed by atoms with E-state index in [0.717, 1.165) is 19.3 Å². The Hall–Kier alpha value is -0.990. The first-order valence-electron chi connectivity index (χ1n) is 6.07. The number of nitrogens with one attached hydrogen (secondary N) is 1. The van der Waals surface area contributed by atoms with Crippen molar-refractivity contribution in [3.05, 3.63) is 11.5 Å². The molecule has 8 heteroatoms. The van der Waals surface area contributed by atoms with Gasteiger partial charge in [0.25, 0.3) is 0 Å². The summed E-state index contributed by atoms with van der Waals surface area (Å²) >= 11 is 4.99. The van der Waals surface area contributed by atoms with Gasteiger partial charge in [-0.15, -0.1) is 0 Å². The second-order valence-corrected chi connectivity index (χ2v) is 6.94. The highest BCUT2D eigenvalue weighted by Crippen LogP contribution is 2.28. The monoisotopic (exact) mass is 303 g/mol. The van der Waals surface area contributed by atoms with Crippen molar-refractivity contribution in [3.63, 3.8) is 0 Å². The number of sulfonamides is 1. The fourth-order valence-electron chi connectivity index (χ4n) is 2.56. The van der Waals surface area contributed by atoms with Crippen molar-refractivity contribution in [2.45, 2.75) is 44.0 Å². The molecule has 1 aromatic rings. The number of aromatic nitrogens is 1. The number of thiocarbonyl (C=S) groups is 1. The second kappa shape index (κ2) is 5.18. The molecule has 1 fully saturated rings. The van der Waals surface area contributed by atoms with Gasteiger partial charge in [0.05, 0.1) is 4.99 Å². The highest BCUT2D eigenvalue weighted by molar-refractivity contribution is 7.89. The van der Waals surface area contributed by atoms with Crippen LogP contribution < -0.4 is 10.5 Å². The maximum atomic E-state index is 12.4. The lowest BCUT2D eigenvalue weighted by molar-refractivity contribution is 0.390. The van der Waals surface area contributed by atoms with E-state index >= 15 is 0 Å². The molecule has 1 heterocycles. The molecule has 2 rings (SSSR count). The molecule has 106 valence electrons. The molecular formula is C11H17N3O3S2. The third-order valence-corrected chi connectivity index (χ3v) is 5.46. The van der Waals surface area contributed by atoms with E-state index in [1.54, 1.807) is 13.8 Å². The van der Waals surface area contributed by atoms with E-state index in [9.17, 15) is 8.42 Å². The zero-order chi connectivity index (χ0) is 14.2. The van der Waals surface area contributed by atoms with Crippen LogP contribution in [-0.4, -0.2) is 24.6 Å². The van der Waals surface area contributed by atoms with E-state index < -0.39 is 10.0 Å². The van der Waals surface area contributed by atoms with Crippen molar-refractivity contribution in [1.82, 2.24) is 9.88 Å². The smallest absolute Gasteiger partial charge is 0.246 e. The van der Waals surface area contributed by atoms with Gasteiger partial charge >= 0.3 is 0 Å². The third-order valence-electron chi connectivity index (χ3n) is 3.42. The number of nitrogens with two attached hydrogens (primary N) is 1. The molecule has 0 spiro atoms. The Bertz CT molecular complexity index is 575. The van der Waals surface area contributed by atoms with Gasteiger partial charge in [-0.2, -0.15) is 0 Å². The van der Waals surface area contributed by atoms with Crippen molar-refractivity contribution in [2.24, 2.45) is 11.7 Å². The molecule has 19 heavy (non-hydrogen) atoms. The lowest BCUT2D eigenvalue weighted by Crippen LogP contribution is -2.41. The Morgan fingerprint density at radius 2 is 2.16 bits per heavy atom. The quantitative estimate of drug-likeness (QED) is 0.806. The summed E-state index contributed by atoms with van der Waals surface area (Å²) in [5.74, 6) is 0.208. The number of rotatable bonds is 4. The Kier molecular flexibility index (Phi) is 3.93. The average Bonchev–Trinajstić information content (AvgIpc) is 2.85. The van der Waals surface area contributed by atoms with Crippen LogP contribution in [0, 0.1) is 19.8 Å². The summed E-state index contributed by atoms with van der Waals surface area (Å²) in [5, 5.41) is 3.67. The first-order valence-corrected chi connectivity index (χ1v) is 7.96. The highest BCUT2D eigenvalue weighted by atomic mass is 32.2. The summed E-state index contributed by atoms with van der Waals surface area (Å²) in [4.78, 5) is 0.477. The maximum Gasteiger partial charge on any atom is 0.246 e. The fourth-order valence-corrected chi connectivity index (χ4v) is 4.48. The standard InChI is InChI=1S/C11H17N3O3S2/c1-6-10(7(2)17-13-6)19(15,16)14-9-5-3-4-8(9)11(12)18/h8-9,14H,3-5H2,1-2H3,(H2,12,18). The third kappa shape index (κ3) is 2.80. The maximum absolute atomic E-state index is 12.4. The largest absolute Gasteiger partial charge is 0.393 e. The molecule has 2 unspecified atom stereocenters. The van der Waals surface area contributed by atoms with E-state index in [4.69, 9.17) is 22.5 Å². The molecule has 0 amide bonds. The molecule has 0 radical (unpaired) electrons. The van der Waals surface area contributed by atoms with E-state index in [0.29, 0.717) is 10.7 Å². The van der Waals surface area contributed by atoms with Crippen LogP contribution in [0.25, 0.3) is 0 Å². The number of aryl methyl sites for hydroxylation is 2. The van der Waals surface area contributed by atoms with Crippen LogP contribution in [-0.2, 0) is 10.0 Å². The summed E-state index contributed by atoms with van der Waals surface area (Å²) in [6, 6.07) is -0.240. The van der Waals surface area contributed by atoms with E-state index in [1.165, 1.54) is 0 Å². The van der Waals surface area contributed by atoms with Crippen molar-refractivity contribution < 1.29 is 12.9 Å². The minimum absolute atomic E-state index is 0.0785. The molecule has 1 aromatic heterocycles. The van der Waals surface area contributed by atoms with Gasteiger partial charge in [-0.3, -0.25) is 0 Å². The molecule has 1 aliphatic carbocycles. The van der Waals surface area contributed by atoms with Crippen molar-refractivity contribution >= 4 is 27.2 Å². The van der Waals surface area contributed by atoms with Gasteiger partial charge in [0.2, 0.25) is 10.0 Å². The summed E-state index contributed by atoms with van der Waals surface area (Å²) in [6.07, 6.45) is 2.48. The number of nitrogens with zero attached hydrogens (tertiary/aromatic N) is 1. The average molecular weight is 303 g/mol. The molecule has 1 saturated carbocycles. The van der Waals surface area contributed by atoms with E-state index in [1.807, 2.05) is 0 Å². The Balaban J connectivity index is 2.25. The molecule has 0 aromatic carbocycles. The molecule has 0 saturated heterocycles. The number of hydrogen-bond donors (Lipinski definition) is 2. The molecule has 6 nitrogen and oxygen atoms in total. The summed E-state index contributed by atoms with van der Waals surface area (Å²) in [7, 11) is -3.65. The van der Waals surface area contributed by atoms with E-state index in [-0.39, 0.29) is 22.6 Å². The molecule has 1 aliphatic rings. The Morgan fingerprint density at radius 3 is 2.68 bits per heavy atom. The van der Waals surface area contributed by atoms with Crippen LogP contribution in [0.15, 0.2) is 9.42 Å². The predicted molar refractivity (Wildman–Crippen MR) is 74.2 cm³/mol. The van der Waals surface area contributed by atoms with Gasteiger partial charge in [0.15, 0.2) is 5.76 Å². The van der Waals surface area contributed by atoms with Gasteiger partial charge in [0, 0.05) is 12.0 Å². The summed E-state index contributed by atoms with van der Waals surface area (Å²) in [6.45, 7) is 3.18. The summed E-state index contributed by atoms with van der Waals surface area (Å²) < 4.78 is 32.3. The zero-order valence-electron chi connectivity index (χ0n) is 10.8. The zero-order valence-corrected chi connectivity index (χ0v) is 12.5. The van der Waals surface area contributed by atoms with Crippen LogP contribution in [0.5, 0.6) is 0 Å². The minimum Gasteiger partial charge on any atom is -0.393 e. The highest BCUT2D eigenvalue weighted by Gasteiger charge is 2.34. The van der Waals surface area contributed by atoms with Gasteiger partial charge < -0.3 is 10.3 Å². The van der Waals surface area contributed by atoms with Gasteiger partial charge in [-0.25, -0.2) is 13.1 Å². The molecular weight excluding hydrogens is 286 g/mol. The molecule has 0 bridgehead atoms. The summed E-state index contributed by atoms with van der Waals surface area (Å²) in [5.41, 5.74) is 6.01. The van der Waals surface area contributed by atoms with Crippen LogP contribution in [0.4, 0.5) is 0 Å². The van der Waals surface area contributed by atoms with Crippen molar-refractivity contribution in [1.29, 1.82) is 0 Å². The van der Waals surface area contributed by atoms with E-state index in [2.05, 4.69) is 9.88 Å². The van der Waals surface area contributed by atoms with Gasteiger partial charge in [0.1, 0.15) is 10.6 Å². The topological polar surface area (TPSA) is 98.2 Å².